The number of hydrogen-bond donors (Lipinski definition) is 0. The van der Waals surface area contributed by atoms with Crippen LogP contribution in [-0.2, 0) is 16.1 Å². The Kier molecular flexibility index (Phi) is 5.69. The molecule has 0 radical (unpaired) electrons. The van der Waals surface area contributed by atoms with E-state index in [2.05, 4.69) is 22.0 Å². The molecule has 0 saturated carbocycles. The lowest BCUT2D eigenvalue weighted by molar-refractivity contribution is -0.125. The minimum Gasteiger partial charge on any atom is -0.378 e. The van der Waals surface area contributed by atoms with E-state index in [4.69, 9.17) is 4.74 Å². The maximum atomic E-state index is 12.6. The molecule has 1 aromatic heterocycles. The minimum atomic E-state index is -0.0314. The molecule has 2 heterocycles. The van der Waals surface area contributed by atoms with Gasteiger partial charge in [-0.25, -0.2) is 4.98 Å². The first kappa shape index (κ1) is 18.7. The van der Waals surface area contributed by atoms with Crippen LogP contribution in [0.3, 0.4) is 0 Å². The van der Waals surface area contributed by atoms with E-state index < -0.39 is 0 Å². The van der Waals surface area contributed by atoms with Crippen molar-refractivity contribution in [2.24, 2.45) is 0 Å². The van der Waals surface area contributed by atoms with Crippen molar-refractivity contribution in [3.63, 3.8) is 0 Å². The molecule has 0 aliphatic carbocycles. The van der Waals surface area contributed by atoms with Crippen molar-refractivity contribution in [3.05, 3.63) is 65.2 Å². The highest BCUT2D eigenvalue weighted by Gasteiger charge is 2.16. The fraction of sp³-hybridized carbons (Fsp3) is 0.273. The number of carbonyl (C=O) groups excluding carboxylic acids is 1. The molecule has 0 N–H and O–H groups in total. The Morgan fingerprint density at radius 3 is 2.75 bits per heavy atom. The standard InChI is InChI=1S/C22H23N3O2S/c1-24(16-17-6-2-4-8-19(17)25-12-14-27-15-13-25)22(26)11-10-21-23-18-7-3-5-9-20(18)28-21/h2-11H,12-16H2,1H3. The summed E-state index contributed by atoms with van der Waals surface area (Å²) < 4.78 is 6.58. The number of amides is 1. The molecule has 0 bridgehead atoms. The molecule has 1 fully saturated rings. The van der Waals surface area contributed by atoms with Crippen molar-refractivity contribution >= 4 is 39.2 Å². The van der Waals surface area contributed by atoms with Gasteiger partial charge in [0.15, 0.2) is 0 Å². The molecule has 5 nitrogen and oxygen atoms in total. The number of fused-ring (bicyclic) bond motifs is 1. The number of hydrogen-bond acceptors (Lipinski definition) is 5. The number of thiazole rings is 1. The number of nitrogens with zero attached hydrogens (tertiary/aromatic N) is 3. The van der Waals surface area contributed by atoms with Crippen LogP contribution < -0.4 is 4.90 Å². The molecule has 4 rings (SSSR count). The summed E-state index contributed by atoms with van der Waals surface area (Å²) in [5, 5.41) is 0.844. The molecule has 0 spiro atoms. The Labute approximate surface area is 168 Å². The van der Waals surface area contributed by atoms with Crippen LogP contribution in [0.1, 0.15) is 10.6 Å². The molecule has 6 heteroatoms. The third kappa shape index (κ3) is 4.24. The Morgan fingerprint density at radius 2 is 1.93 bits per heavy atom. The van der Waals surface area contributed by atoms with E-state index in [0.29, 0.717) is 6.54 Å². The number of likely N-dealkylation sites (N-methyl/N-ethyl adjacent to an activating group) is 1. The number of morpholine rings is 1. The second-order valence-electron chi connectivity index (χ2n) is 6.78. The first-order valence-electron chi connectivity index (χ1n) is 9.40. The zero-order valence-corrected chi connectivity index (χ0v) is 16.7. The van der Waals surface area contributed by atoms with Crippen LogP contribution in [0.25, 0.3) is 16.3 Å². The second kappa shape index (κ2) is 8.54. The van der Waals surface area contributed by atoms with Gasteiger partial charge in [-0.05, 0) is 29.8 Å². The molecule has 3 aromatic rings. The molecule has 1 amide bonds. The SMILES string of the molecule is CN(Cc1ccccc1N1CCOCC1)C(=O)C=Cc1nc2ccccc2s1. The van der Waals surface area contributed by atoms with Crippen LogP contribution in [0.15, 0.2) is 54.6 Å². The van der Waals surface area contributed by atoms with Gasteiger partial charge in [0.05, 0.1) is 23.4 Å². The predicted molar refractivity (Wildman–Crippen MR) is 115 cm³/mol. The Morgan fingerprint density at radius 1 is 1.18 bits per heavy atom. The highest BCUT2D eigenvalue weighted by Crippen LogP contribution is 2.24. The van der Waals surface area contributed by atoms with Crippen molar-refractivity contribution in [2.75, 3.05) is 38.3 Å². The molecule has 1 aliphatic heterocycles. The highest BCUT2D eigenvalue weighted by atomic mass is 32.1. The van der Waals surface area contributed by atoms with Crippen LogP contribution in [0, 0.1) is 0 Å². The first-order chi connectivity index (χ1) is 13.7. The maximum absolute atomic E-state index is 12.6. The van der Waals surface area contributed by atoms with Gasteiger partial charge in [-0.3, -0.25) is 4.79 Å². The van der Waals surface area contributed by atoms with Gasteiger partial charge in [-0.2, -0.15) is 0 Å². The van der Waals surface area contributed by atoms with Gasteiger partial charge in [0.25, 0.3) is 0 Å². The van der Waals surface area contributed by atoms with E-state index in [1.54, 1.807) is 28.4 Å². The fourth-order valence-electron chi connectivity index (χ4n) is 3.32. The summed E-state index contributed by atoms with van der Waals surface area (Å²) in [5.41, 5.74) is 3.29. The van der Waals surface area contributed by atoms with Crippen molar-refractivity contribution in [3.8, 4) is 0 Å². The molecule has 1 aliphatic rings. The number of benzene rings is 2. The quantitative estimate of drug-likeness (QED) is 0.619. The fourth-order valence-corrected chi connectivity index (χ4v) is 4.19. The van der Waals surface area contributed by atoms with Crippen LogP contribution >= 0.6 is 11.3 Å². The van der Waals surface area contributed by atoms with Gasteiger partial charge in [-0.1, -0.05) is 30.3 Å². The average Bonchev–Trinajstić information content (AvgIpc) is 3.16. The third-order valence-electron chi connectivity index (χ3n) is 4.81. The van der Waals surface area contributed by atoms with E-state index >= 15 is 0 Å². The van der Waals surface area contributed by atoms with Crippen molar-refractivity contribution in [1.29, 1.82) is 0 Å². The second-order valence-corrected chi connectivity index (χ2v) is 7.84. The number of aromatic nitrogens is 1. The number of rotatable bonds is 5. The number of anilines is 1. The first-order valence-corrected chi connectivity index (χ1v) is 10.2. The Balaban J connectivity index is 1.44. The number of ether oxygens (including phenoxy) is 1. The number of carbonyl (C=O) groups is 1. The lowest BCUT2D eigenvalue weighted by Gasteiger charge is -2.31. The summed E-state index contributed by atoms with van der Waals surface area (Å²) in [6.45, 7) is 3.82. The van der Waals surface area contributed by atoms with Crippen LogP contribution in [0.4, 0.5) is 5.69 Å². The van der Waals surface area contributed by atoms with Gasteiger partial charge < -0.3 is 14.5 Å². The van der Waals surface area contributed by atoms with Crippen LogP contribution in [0.5, 0.6) is 0 Å². The molecule has 144 valence electrons. The van der Waals surface area contributed by atoms with Crippen molar-refractivity contribution in [2.45, 2.75) is 6.54 Å². The Bertz CT molecular complexity index is 959. The normalized spacial score (nSPS) is 14.7. The average molecular weight is 394 g/mol. The van der Waals surface area contributed by atoms with E-state index in [9.17, 15) is 4.79 Å². The molecule has 0 unspecified atom stereocenters. The minimum absolute atomic E-state index is 0.0314. The molecular weight excluding hydrogens is 370 g/mol. The van der Waals surface area contributed by atoms with E-state index in [0.717, 1.165) is 47.1 Å². The highest BCUT2D eigenvalue weighted by molar-refractivity contribution is 7.19. The molecule has 0 atom stereocenters. The lowest BCUT2D eigenvalue weighted by atomic mass is 10.1. The van der Waals surface area contributed by atoms with Crippen molar-refractivity contribution < 1.29 is 9.53 Å². The zero-order valence-electron chi connectivity index (χ0n) is 15.9. The maximum Gasteiger partial charge on any atom is 0.246 e. The molecular formula is C22H23N3O2S. The summed E-state index contributed by atoms with van der Waals surface area (Å²) in [6, 6.07) is 16.3. The number of para-hydroxylation sites is 2. The predicted octanol–water partition coefficient (Wildman–Crippen LogP) is 3.80. The summed E-state index contributed by atoms with van der Waals surface area (Å²) in [5.74, 6) is -0.0314. The van der Waals surface area contributed by atoms with Gasteiger partial charge in [-0.15, -0.1) is 11.3 Å². The van der Waals surface area contributed by atoms with E-state index in [1.807, 2.05) is 43.4 Å². The van der Waals surface area contributed by atoms with E-state index in [-0.39, 0.29) is 5.91 Å². The van der Waals surface area contributed by atoms with Gasteiger partial charge in [0.1, 0.15) is 5.01 Å². The largest absolute Gasteiger partial charge is 0.378 e. The molecule has 28 heavy (non-hydrogen) atoms. The van der Waals surface area contributed by atoms with E-state index in [1.165, 1.54) is 5.69 Å². The van der Waals surface area contributed by atoms with Gasteiger partial charge >= 0.3 is 0 Å². The van der Waals surface area contributed by atoms with Gasteiger partial charge in [0, 0.05) is 38.4 Å². The zero-order chi connectivity index (χ0) is 19.3. The van der Waals surface area contributed by atoms with Crippen molar-refractivity contribution in [1.82, 2.24) is 9.88 Å². The summed E-state index contributed by atoms with van der Waals surface area (Å²) >= 11 is 1.59. The third-order valence-corrected chi connectivity index (χ3v) is 5.81. The molecule has 1 saturated heterocycles. The van der Waals surface area contributed by atoms with Gasteiger partial charge in [0.2, 0.25) is 5.91 Å². The summed E-state index contributed by atoms with van der Waals surface area (Å²) in [4.78, 5) is 21.2. The monoisotopic (exact) mass is 393 g/mol. The smallest absolute Gasteiger partial charge is 0.246 e. The Hall–Kier alpha value is -2.70. The van der Waals surface area contributed by atoms with Crippen LogP contribution in [-0.4, -0.2) is 49.1 Å². The topological polar surface area (TPSA) is 45.7 Å². The summed E-state index contributed by atoms with van der Waals surface area (Å²) in [7, 11) is 1.83. The summed E-state index contributed by atoms with van der Waals surface area (Å²) in [6.07, 6.45) is 3.41. The molecule has 2 aromatic carbocycles. The lowest BCUT2D eigenvalue weighted by Crippen LogP contribution is -2.37. The van der Waals surface area contributed by atoms with Crippen LogP contribution in [0.2, 0.25) is 0 Å².